The van der Waals surface area contributed by atoms with Gasteiger partial charge in [-0.05, 0) is 18.8 Å². The Balaban J connectivity index is 3.43. The molecule has 0 aromatic heterocycles. The Kier molecular flexibility index (Phi) is 48.9. The van der Waals surface area contributed by atoms with Crippen LogP contribution >= 0.6 is 0 Å². The fourth-order valence-electron chi connectivity index (χ4n) is 9.22. The summed E-state index contributed by atoms with van der Waals surface area (Å²) in [5.74, 6) is 0.0232. The molecule has 0 spiro atoms. The minimum Gasteiger partial charge on any atom is -0.366 e. The van der Waals surface area contributed by atoms with E-state index in [2.05, 4.69) is 20.4 Å². The van der Waals surface area contributed by atoms with Gasteiger partial charge in [-0.3, -0.25) is 4.79 Å². The van der Waals surface area contributed by atoms with Crippen LogP contribution in [0.5, 0.6) is 0 Å². The molecule has 0 heterocycles. The maximum Gasteiger partial charge on any atom is 0.244 e. The van der Waals surface area contributed by atoms with Gasteiger partial charge in [0.05, 0.1) is 0 Å². The Labute approximate surface area is 361 Å². The predicted octanol–water partition coefficient (Wildman–Crippen LogP) is 19.8. The first-order chi connectivity index (χ1) is 28.1. The first-order valence-corrected chi connectivity index (χ1v) is 27.1. The van der Waals surface area contributed by atoms with E-state index in [4.69, 9.17) is 5.73 Å². The third-order valence-electron chi connectivity index (χ3n) is 13.4. The zero-order valence-corrected chi connectivity index (χ0v) is 39.9. The molecule has 0 radical (unpaired) electrons. The van der Waals surface area contributed by atoms with Gasteiger partial charge >= 0.3 is 0 Å². The van der Waals surface area contributed by atoms with E-state index in [1.54, 1.807) is 0 Å². The Morgan fingerprint density at radius 2 is 0.439 bits per heavy atom. The van der Waals surface area contributed by atoms with Crippen LogP contribution in [0.2, 0.25) is 0 Å². The van der Waals surface area contributed by atoms with Crippen LogP contribution in [0.15, 0.2) is 12.2 Å². The van der Waals surface area contributed by atoms with Crippen LogP contribution in [0, 0.1) is 5.92 Å². The minimum atomic E-state index is -0.280. The molecule has 0 bridgehead atoms. The molecule has 2 nitrogen and oxygen atoms in total. The zero-order valence-electron chi connectivity index (χ0n) is 39.9. The highest BCUT2D eigenvalue weighted by atomic mass is 16.1. The number of carbonyl (C=O) groups excluding carboxylic acids is 1. The fourth-order valence-corrected chi connectivity index (χ4v) is 9.22. The molecule has 0 saturated heterocycles. The highest BCUT2D eigenvalue weighted by molar-refractivity contribution is 5.91. The van der Waals surface area contributed by atoms with Gasteiger partial charge in [-0.2, -0.15) is 0 Å². The number of nitrogens with two attached hydrogens (primary N) is 1. The molecule has 2 heteroatoms. The third-order valence-corrected chi connectivity index (χ3v) is 13.4. The monoisotopic (exact) mass is 800 g/mol. The van der Waals surface area contributed by atoms with Crippen LogP contribution in [-0.2, 0) is 4.79 Å². The second-order valence-electron chi connectivity index (χ2n) is 19.1. The van der Waals surface area contributed by atoms with E-state index in [0.717, 1.165) is 12.8 Å². The van der Waals surface area contributed by atoms with Gasteiger partial charge in [0.25, 0.3) is 0 Å². The van der Waals surface area contributed by atoms with Gasteiger partial charge in [0, 0.05) is 5.57 Å². The summed E-state index contributed by atoms with van der Waals surface area (Å²) >= 11 is 0. The van der Waals surface area contributed by atoms with Crippen LogP contribution in [-0.4, -0.2) is 5.91 Å². The van der Waals surface area contributed by atoms with Gasteiger partial charge in [-0.25, -0.2) is 0 Å². The Bertz CT molecular complexity index is 774. The van der Waals surface area contributed by atoms with E-state index in [1.165, 1.54) is 302 Å². The van der Waals surface area contributed by atoms with Crippen molar-refractivity contribution in [1.29, 1.82) is 0 Å². The summed E-state index contributed by atoms with van der Waals surface area (Å²) in [6, 6.07) is 0. The Hall–Kier alpha value is -0.790. The van der Waals surface area contributed by atoms with Crippen molar-refractivity contribution < 1.29 is 4.79 Å². The average Bonchev–Trinajstić information content (AvgIpc) is 3.21. The highest BCUT2D eigenvalue weighted by Crippen LogP contribution is 2.25. The van der Waals surface area contributed by atoms with E-state index in [9.17, 15) is 4.79 Å². The Morgan fingerprint density at radius 3 is 0.579 bits per heavy atom. The summed E-state index contributed by atoms with van der Waals surface area (Å²) in [4.78, 5) is 11.9. The van der Waals surface area contributed by atoms with Gasteiger partial charge in [-0.15, -0.1) is 0 Å². The molecule has 1 amide bonds. The Morgan fingerprint density at radius 1 is 0.298 bits per heavy atom. The number of hydrogen-bond donors (Lipinski definition) is 1. The van der Waals surface area contributed by atoms with E-state index in [1.807, 2.05) is 0 Å². The predicted molar refractivity (Wildman–Crippen MR) is 259 cm³/mol. The normalized spacial score (nSPS) is 12.1. The van der Waals surface area contributed by atoms with Crippen molar-refractivity contribution in [3.05, 3.63) is 12.2 Å². The fraction of sp³-hybridized carbons (Fsp3) is 0.945. The maximum atomic E-state index is 11.9. The molecule has 0 saturated carbocycles. The summed E-state index contributed by atoms with van der Waals surface area (Å²) in [5.41, 5.74) is 6.35. The smallest absolute Gasteiger partial charge is 0.244 e. The van der Waals surface area contributed by atoms with Crippen molar-refractivity contribution >= 4 is 5.91 Å². The van der Waals surface area contributed by atoms with Crippen LogP contribution in [0.1, 0.15) is 328 Å². The van der Waals surface area contributed by atoms with Gasteiger partial charge in [0.1, 0.15) is 0 Å². The molecular formula is C55H109NO. The van der Waals surface area contributed by atoms with Crippen LogP contribution in [0.3, 0.4) is 0 Å². The number of primary amides is 1. The lowest BCUT2D eigenvalue weighted by Crippen LogP contribution is -2.20. The molecule has 2 N–H and O–H groups in total. The van der Waals surface area contributed by atoms with Crippen molar-refractivity contribution in [1.82, 2.24) is 0 Å². The number of rotatable bonds is 51. The molecule has 0 aliphatic heterocycles. The molecule has 0 aliphatic rings. The number of hydrogen-bond acceptors (Lipinski definition) is 1. The molecule has 0 aromatic rings. The topological polar surface area (TPSA) is 43.1 Å². The summed E-state index contributed by atoms with van der Waals surface area (Å²) in [5, 5.41) is 0. The summed E-state index contributed by atoms with van der Waals surface area (Å²) in [7, 11) is 0. The SMILES string of the molecule is C=C(C(N)=O)C(CCCCCCCCCCCCCCCCCC)CCCCCCCCCCCCCCCCCCCCCCCCCCCCCCCCC. The maximum absolute atomic E-state index is 11.9. The molecule has 0 rings (SSSR count). The number of amides is 1. The standard InChI is InChI=1S/C55H109NO/c1-4-6-8-10-12-14-16-18-20-22-23-24-25-26-27-28-29-30-31-32-33-34-35-36-38-40-42-44-46-48-50-52-54(53(3)55(56)57)51-49-47-45-43-41-39-37-21-19-17-15-13-11-9-7-5-2/h54H,3-52H2,1-2H3,(H2,56,57). The second kappa shape index (κ2) is 49.6. The number of unbranched alkanes of at least 4 members (excludes halogenated alkanes) is 45. The van der Waals surface area contributed by atoms with Gasteiger partial charge < -0.3 is 5.73 Å². The molecule has 340 valence electrons. The molecule has 0 aromatic carbocycles. The van der Waals surface area contributed by atoms with E-state index in [0.29, 0.717) is 11.5 Å². The molecular weight excluding hydrogens is 691 g/mol. The minimum absolute atomic E-state index is 0.280. The summed E-state index contributed by atoms with van der Waals surface area (Å²) in [6.45, 7) is 8.70. The van der Waals surface area contributed by atoms with Crippen molar-refractivity contribution in [3.8, 4) is 0 Å². The lowest BCUT2D eigenvalue weighted by Gasteiger charge is -2.17. The van der Waals surface area contributed by atoms with E-state index in [-0.39, 0.29) is 5.91 Å². The van der Waals surface area contributed by atoms with Crippen LogP contribution in [0.4, 0.5) is 0 Å². The quantitative estimate of drug-likeness (QED) is 0.0483. The number of carbonyl (C=O) groups is 1. The van der Waals surface area contributed by atoms with Crippen molar-refractivity contribution in [2.75, 3.05) is 0 Å². The van der Waals surface area contributed by atoms with Gasteiger partial charge in [0.15, 0.2) is 0 Å². The first kappa shape index (κ1) is 56.2. The largest absolute Gasteiger partial charge is 0.366 e. The van der Waals surface area contributed by atoms with E-state index < -0.39 is 0 Å². The summed E-state index contributed by atoms with van der Waals surface area (Å²) < 4.78 is 0. The molecule has 1 unspecified atom stereocenters. The lowest BCUT2D eigenvalue weighted by atomic mass is 9.88. The molecule has 0 fully saturated rings. The first-order valence-electron chi connectivity index (χ1n) is 27.1. The summed E-state index contributed by atoms with van der Waals surface area (Å²) in [6.07, 6.45) is 69.2. The van der Waals surface area contributed by atoms with Gasteiger partial charge in [0.2, 0.25) is 5.91 Å². The molecule has 1 atom stereocenters. The second-order valence-corrected chi connectivity index (χ2v) is 19.1. The lowest BCUT2D eigenvalue weighted by molar-refractivity contribution is -0.115. The van der Waals surface area contributed by atoms with Gasteiger partial charge in [-0.1, -0.05) is 322 Å². The van der Waals surface area contributed by atoms with E-state index >= 15 is 0 Å². The average molecular weight is 800 g/mol. The van der Waals surface area contributed by atoms with Crippen molar-refractivity contribution in [2.45, 2.75) is 328 Å². The zero-order chi connectivity index (χ0) is 41.4. The third kappa shape index (κ3) is 46.1. The molecule has 0 aliphatic carbocycles. The van der Waals surface area contributed by atoms with Crippen LogP contribution < -0.4 is 5.73 Å². The van der Waals surface area contributed by atoms with Crippen molar-refractivity contribution in [2.24, 2.45) is 11.7 Å². The van der Waals surface area contributed by atoms with Crippen LogP contribution in [0.25, 0.3) is 0 Å². The van der Waals surface area contributed by atoms with Crippen molar-refractivity contribution in [3.63, 3.8) is 0 Å². The molecule has 57 heavy (non-hydrogen) atoms. The highest BCUT2D eigenvalue weighted by Gasteiger charge is 2.16.